The highest BCUT2D eigenvalue weighted by molar-refractivity contribution is 6.03. The van der Waals surface area contributed by atoms with Crippen LogP contribution in [0.2, 0.25) is 0 Å². The van der Waals surface area contributed by atoms with E-state index in [0.717, 1.165) is 18.4 Å². The van der Waals surface area contributed by atoms with Crippen molar-refractivity contribution >= 4 is 17.6 Å². The monoisotopic (exact) mass is 396 g/mol. The van der Waals surface area contributed by atoms with Gasteiger partial charge in [-0.2, -0.15) is 5.10 Å². The summed E-state index contributed by atoms with van der Waals surface area (Å²) >= 11 is 0. The zero-order chi connectivity index (χ0) is 20.6. The van der Waals surface area contributed by atoms with Crippen LogP contribution in [0.25, 0.3) is 0 Å². The van der Waals surface area contributed by atoms with E-state index in [1.54, 1.807) is 22.8 Å². The van der Waals surface area contributed by atoms with E-state index in [4.69, 9.17) is 4.74 Å². The van der Waals surface area contributed by atoms with Crippen LogP contribution in [0.1, 0.15) is 49.0 Å². The molecule has 7 heteroatoms. The van der Waals surface area contributed by atoms with Gasteiger partial charge in [-0.15, -0.1) is 0 Å². The molecule has 1 aromatic carbocycles. The Labute approximate surface area is 171 Å². The van der Waals surface area contributed by atoms with Crippen molar-refractivity contribution < 1.29 is 14.3 Å². The first-order valence-electron chi connectivity index (χ1n) is 10.1. The second-order valence-electron chi connectivity index (χ2n) is 8.64. The molecule has 0 unspecified atom stereocenters. The predicted molar refractivity (Wildman–Crippen MR) is 109 cm³/mol. The second kappa shape index (κ2) is 7.63. The number of fused-ring (bicyclic) bond motifs is 1. The minimum atomic E-state index is -0.483. The van der Waals surface area contributed by atoms with E-state index in [2.05, 4.69) is 10.4 Å². The summed E-state index contributed by atoms with van der Waals surface area (Å²) in [4.78, 5) is 27.7. The molecule has 29 heavy (non-hydrogen) atoms. The molecule has 2 heterocycles. The number of hydrogen-bond acceptors (Lipinski definition) is 4. The second-order valence-corrected chi connectivity index (χ2v) is 8.64. The maximum absolute atomic E-state index is 13.1. The lowest BCUT2D eigenvalue weighted by Gasteiger charge is -2.26. The summed E-state index contributed by atoms with van der Waals surface area (Å²) in [6.07, 6.45) is 4.77. The summed E-state index contributed by atoms with van der Waals surface area (Å²) in [5.41, 5.74) is 1.33. The van der Waals surface area contributed by atoms with Gasteiger partial charge in [-0.05, 0) is 37.8 Å². The van der Waals surface area contributed by atoms with Gasteiger partial charge in [0.25, 0.3) is 5.91 Å². The number of carbonyl (C=O) groups excluding carboxylic acids is 2. The average molecular weight is 396 g/mol. The smallest absolute Gasteiger partial charge is 0.255 e. The minimum Gasteiger partial charge on any atom is -0.377 e. The lowest BCUT2D eigenvalue weighted by Crippen LogP contribution is -2.44. The Kier molecular flexibility index (Phi) is 5.17. The molecule has 0 saturated heterocycles. The van der Waals surface area contributed by atoms with E-state index < -0.39 is 6.04 Å². The number of hydrogen-bond donors (Lipinski definition) is 1. The summed E-state index contributed by atoms with van der Waals surface area (Å²) in [6.45, 7) is 5.02. The number of aromatic nitrogens is 2. The molecule has 1 saturated carbocycles. The number of benzene rings is 1. The van der Waals surface area contributed by atoms with Crippen molar-refractivity contribution in [2.75, 3.05) is 12.4 Å². The van der Waals surface area contributed by atoms with Gasteiger partial charge >= 0.3 is 0 Å². The number of ether oxygens (including phenoxy) is 1. The Morgan fingerprint density at radius 2 is 2.07 bits per heavy atom. The molecule has 1 aliphatic carbocycles. The third kappa shape index (κ3) is 4.34. The van der Waals surface area contributed by atoms with Crippen LogP contribution in [0, 0.1) is 5.92 Å². The Hall–Kier alpha value is -2.67. The number of carbonyl (C=O) groups is 2. The van der Waals surface area contributed by atoms with Crippen molar-refractivity contribution in [2.24, 2.45) is 5.92 Å². The molecule has 1 atom stereocenters. The largest absolute Gasteiger partial charge is 0.377 e. The van der Waals surface area contributed by atoms with Gasteiger partial charge in [0.15, 0.2) is 5.82 Å². The highest BCUT2D eigenvalue weighted by atomic mass is 16.5. The van der Waals surface area contributed by atoms with E-state index in [9.17, 15) is 9.59 Å². The Balaban J connectivity index is 1.48. The molecule has 4 rings (SSSR count). The molecule has 154 valence electrons. The fourth-order valence-electron chi connectivity index (χ4n) is 3.75. The van der Waals surface area contributed by atoms with E-state index >= 15 is 0 Å². The Morgan fingerprint density at radius 3 is 2.76 bits per heavy atom. The lowest BCUT2D eigenvalue weighted by molar-refractivity contribution is -0.121. The van der Waals surface area contributed by atoms with E-state index in [1.165, 1.54) is 0 Å². The van der Waals surface area contributed by atoms with Crippen LogP contribution in [-0.4, -0.2) is 45.2 Å². The molecule has 1 aliphatic heterocycles. The van der Waals surface area contributed by atoms with Crippen LogP contribution < -0.4 is 5.32 Å². The van der Waals surface area contributed by atoms with Crippen molar-refractivity contribution in [1.29, 1.82) is 0 Å². The summed E-state index contributed by atoms with van der Waals surface area (Å²) in [5.74, 6) is 0.775. The maximum atomic E-state index is 13.1. The molecule has 1 fully saturated rings. The van der Waals surface area contributed by atoms with Gasteiger partial charge in [-0.3, -0.25) is 14.3 Å². The lowest BCUT2D eigenvalue weighted by atomic mass is 10.1. The van der Waals surface area contributed by atoms with E-state index in [0.29, 0.717) is 36.8 Å². The molecule has 2 aromatic rings. The summed E-state index contributed by atoms with van der Waals surface area (Å²) in [5, 5.41) is 7.36. The molecule has 1 N–H and O–H groups in total. The van der Waals surface area contributed by atoms with Crippen LogP contribution in [0.4, 0.5) is 5.82 Å². The summed E-state index contributed by atoms with van der Waals surface area (Å²) in [6, 6.07) is 8.88. The summed E-state index contributed by atoms with van der Waals surface area (Å²) < 4.78 is 7.19. The first-order valence-corrected chi connectivity index (χ1v) is 10.1. The van der Waals surface area contributed by atoms with Crippen molar-refractivity contribution in [1.82, 2.24) is 14.7 Å². The quantitative estimate of drug-likeness (QED) is 0.744. The van der Waals surface area contributed by atoms with Crippen molar-refractivity contribution in [3.05, 3.63) is 47.7 Å². The number of amides is 2. The zero-order valence-corrected chi connectivity index (χ0v) is 17.2. The molecule has 0 radical (unpaired) electrons. The van der Waals surface area contributed by atoms with Gasteiger partial charge in [-0.1, -0.05) is 31.0 Å². The standard InChI is InChI=1S/C22H28N4O3/c1-22(2,29-3)14-25-11-10-19(24-25)23-20(27)18(12-15-8-9-15)26-13-16-6-4-5-7-17(16)21(26)28/h4-7,10-11,15,18H,8-9,12-14H2,1-3H3,(H,23,24,27)/t18-/m0/s1. The number of anilines is 1. The van der Waals surface area contributed by atoms with Crippen LogP contribution in [0.3, 0.4) is 0 Å². The number of nitrogens with zero attached hydrogens (tertiary/aromatic N) is 3. The van der Waals surface area contributed by atoms with Crippen LogP contribution >= 0.6 is 0 Å². The highest BCUT2D eigenvalue weighted by Crippen LogP contribution is 2.37. The molecule has 2 aliphatic rings. The van der Waals surface area contributed by atoms with Crippen molar-refractivity contribution in [2.45, 2.75) is 57.8 Å². The third-order valence-electron chi connectivity index (χ3n) is 5.77. The normalized spacial score (nSPS) is 17.3. The molecule has 0 bridgehead atoms. The van der Waals surface area contributed by atoms with Gasteiger partial charge in [0.1, 0.15) is 6.04 Å². The van der Waals surface area contributed by atoms with Gasteiger partial charge in [0, 0.05) is 31.5 Å². The molecule has 7 nitrogen and oxygen atoms in total. The molecule has 0 spiro atoms. The Morgan fingerprint density at radius 1 is 1.31 bits per heavy atom. The van der Waals surface area contributed by atoms with Crippen molar-refractivity contribution in [3.8, 4) is 0 Å². The maximum Gasteiger partial charge on any atom is 0.255 e. The third-order valence-corrected chi connectivity index (χ3v) is 5.77. The number of nitrogens with one attached hydrogen (secondary N) is 1. The highest BCUT2D eigenvalue weighted by Gasteiger charge is 2.39. The van der Waals surface area contributed by atoms with Crippen LogP contribution in [0.15, 0.2) is 36.5 Å². The topological polar surface area (TPSA) is 76.5 Å². The van der Waals surface area contributed by atoms with Gasteiger partial charge in [-0.25, -0.2) is 0 Å². The van der Waals surface area contributed by atoms with Gasteiger partial charge in [0.2, 0.25) is 5.91 Å². The fraction of sp³-hybridized carbons (Fsp3) is 0.500. The minimum absolute atomic E-state index is 0.0613. The first-order chi connectivity index (χ1) is 13.9. The van der Waals surface area contributed by atoms with Gasteiger partial charge < -0.3 is 15.0 Å². The van der Waals surface area contributed by atoms with E-state index in [-0.39, 0.29) is 17.4 Å². The van der Waals surface area contributed by atoms with Crippen LogP contribution in [0.5, 0.6) is 0 Å². The Bertz CT molecular complexity index is 916. The summed E-state index contributed by atoms with van der Waals surface area (Å²) in [7, 11) is 1.67. The molecular formula is C22H28N4O3. The number of rotatable bonds is 8. The average Bonchev–Trinajstić information content (AvgIpc) is 3.33. The van der Waals surface area contributed by atoms with Crippen LogP contribution in [-0.2, 0) is 22.6 Å². The number of methoxy groups -OCH3 is 1. The van der Waals surface area contributed by atoms with Gasteiger partial charge in [0.05, 0.1) is 12.1 Å². The van der Waals surface area contributed by atoms with Crippen molar-refractivity contribution in [3.63, 3.8) is 0 Å². The van der Waals surface area contributed by atoms with E-state index in [1.807, 2.05) is 44.3 Å². The zero-order valence-electron chi connectivity index (χ0n) is 17.2. The first kappa shape index (κ1) is 19.6. The SMILES string of the molecule is COC(C)(C)Cn1ccc(NC(=O)[C@H](CC2CC2)N2Cc3ccccc3C2=O)n1. The molecule has 1 aromatic heterocycles. The fourth-order valence-corrected chi connectivity index (χ4v) is 3.75. The molecular weight excluding hydrogens is 368 g/mol. The predicted octanol–water partition coefficient (Wildman–Crippen LogP) is 3.07. The molecule has 2 amide bonds.